The normalized spacial score (nSPS) is 11.7. The molecule has 1 aromatic carbocycles. The van der Waals surface area contributed by atoms with Gasteiger partial charge in [-0.2, -0.15) is 0 Å². The number of benzene rings is 1. The number of nitrogens with two attached hydrogens (primary N) is 1. The molecule has 0 aliphatic rings. The molecule has 104 valence electrons. The number of carbonyl (C=O) groups is 1. The van der Waals surface area contributed by atoms with Gasteiger partial charge in [0.15, 0.2) is 5.84 Å². The summed E-state index contributed by atoms with van der Waals surface area (Å²) < 4.78 is 0. The highest BCUT2D eigenvalue weighted by molar-refractivity contribution is 6.34. The molecular weight excluding hydrogens is 266 g/mol. The van der Waals surface area contributed by atoms with Crippen molar-refractivity contribution in [2.24, 2.45) is 10.9 Å². The number of amides is 1. The lowest BCUT2D eigenvalue weighted by atomic mass is 10.1. The number of aryl methyl sites for hydroxylation is 1. The average molecular weight is 284 g/mol. The van der Waals surface area contributed by atoms with E-state index in [4.69, 9.17) is 22.5 Å². The first-order valence-corrected chi connectivity index (χ1v) is 6.28. The van der Waals surface area contributed by atoms with Crippen molar-refractivity contribution in [2.45, 2.75) is 26.8 Å². The fourth-order valence-electron chi connectivity index (χ4n) is 1.66. The van der Waals surface area contributed by atoms with Crippen LogP contribution in [0.15, 0.2) is 23.4 Å². The minimum atomic E-state index is -0.240. The minimum absolute atomic E-state index is 0.0224. The monoisotopic (exact) mass is 283 g/mol. The maximum atomic E-state index is 12.5. The number of nitrogens with zero attached hydrogens (tertiary/aromatic N) is 2. The molecule has 0 aromatic heterocycles. The fraction of sp³-hybridized carbons (Fsp3) is 0.385. The summed E-state index contributed by atoms with van der Waals surface area (Å²) in [4.78, 5) is 14.0. The van der Waals surface area contributed by atoms with Gasteiger partial charge in [0.05, 0.1) is 17.1 Å². The predicted octanol–water partition coefficient (Wildman–Crippen LogP) is 2.25. The number of halogens is 1. The molecule has 0 spiro atoms. The summed E-state index contributed by atoms with van der Waals surface area (Å²) in [6.07, 6.45) is 0. The van der Waals surface area contributed by atoms with Gasteiger partial charge in [-0.15, -0.1) is 0 Å². The van der Waals surface area contributed by atoms with Gasteiger partial charge in [0.25, 0.3) is 5.91 Å². The number of hydrogen-bond acceptors (Lipinski definition) is 3. The molecular formula is C13H18ClN3O2. The van der Waals surface area contributed by atoms with Crippen molar-refractivity contribution in [1.82, 2.24) is 4.90 Å². The molecule has 5 nitrogen and oxygen atoms in total. The highest BCUT2D eigenvalue weighted by atomic mass is 35.5. The maximum absolute atomic E-state index is 12.5. The molecule has 0 aliphatic heterocycles. The van der Waals surface area contributed by atoms with Crippen molar-refractivity contribution in [3.05, 3.63) is 34.3 Å². The Morgan fingerprint density at radius 3 is 2.68 bits per heavy atom. The first-order chi connectivity index (χ1) is 8.88. The van der Waals surface area contributed by atoms with Gasteiger partial charge in [0.2, 0.25) is 0 Å². The third-order valence-corrected chi connectivity index (χ3v) is 3.27. The van der Waals surface area contributed by atoms with Crippen LogP contribution < -0.4 is 5.73 Å². The highest BCUT2D eigenvalue weighted by Crippen LogP contribution is 2.22. The number of oxime groups is 1. The lowest BCUT2D eigenvalue weighted by molar-refractivity contribution is 0.0734. The molecule has 1 aromatic rings. The molecule has 6 heteroatoms. The van der Waals surface area contributed by atoms with E-state index in [9.17, 15) is 4.79 Å². The number of carbonyl (C=O) groups excluding carboxylic acids is 1. The van der Waals surface area contributed by atoms with Crippen molar-refractivity contribution in [3.63, 3.8) is 0 Å². The largest absolute Gasteiger partial charge is 0.409 e. The molecule has 0 heterocycles. The average Bonchev–Trinajstić information content (AvgIpc) is 2.37. The van der Waals surface area contributed by atoms with Crippen molar-refractivity contribution >= 4 is 23.3 Å². The van der Waals surface area contributed by atoms with Crippen LogP contribution in [0.3, 0.4) is 0 Å². The Hall–Kier alpha value is -1.75. The minimum Gasteiger partial charge on any atom is -0.409 e. The Kier molecular flexibility index (Phi) is 5.18. The number of rotatable bonds is 4. The van der Waals surface area contributed by atoms with Crippen LogP contribution in [0.25, 0.3) is 0 Å². The molecule has 0 saturated carbocycles. The van der Waals surface area contributed by atoms with Gasteiger partial charge in [0, 0.05) is 6.04 Å². The van der Waals surface area contributed by atoms with Crippen LogP contribution in [0.4, 0.5) is 0 Å². The lowest BCUT2D eigenvalue weighted by Crippen LogP contribution is -2.43. The van der Waals surface area contributed by atoms with E-state index in [2.05, 4.69) is 5.16 Å². The van der Waals surface area contributed by atoms with Crippen molar-refractivity contribution in [2.75, 3.05) is 6.54 Å². The summed E-state index contributed by atoms with van der Waals surface area (Å²) in [5.41, 5.74) is 6.72. The summed E-state index contributed by atoms with van der Waals surface area (Å²) in [5, 5.41) is 11.9. The zero-order valence-electron chi connectivity index (χ0n) is 11.2. The van der Waals surface area contributed by atoms with E-state index in [1.165, 1.54) is 4.90 Å². The first-order valence-electron chi connectivity index (χ1n) is 5.91. The van der Waals surface area contributed by atoms with E-state index in [-0.39, 0.29) is 24.3 Å². The summed E-state index contributed by atoms with van der Waals surface area (Å²) in [7, 11) is 0. The Morgan fingerprint density at radius 2 is 2.16 bits per heavy atom. The zero-order chi connectivity index (χ0) is 14.6. The van der Waals surface area contributed by atoms with Crippen molar-refractivity contribution < 1.29 is 10.0 Å². The SMILES string of the molecule is Cc1cccc(C(=O)N(C/C(N)=N/O)C(C)C)c1Cl. The summed E-state index contributed by atoms with van der Waals surface area (Å²) in [6.45, 7) is 5.60. The predicted molar refractivity (Wildman–Crippen MR) is 75.8 cm³/mol. The van der Waals surface area contributed by atoms with Crippen LogP contribution in [-0.4, -0.2) is 34.4 Å². The molecule has 0 saturated heterocycles. The van der Waals surface area contributed by atoms with Crippen LogP contribution in [0.1, 0.15) is 29.8 Å². The molecule has 19 heavy (non-hydrogen) atoms. The quantitative estimate of drug-likeness (QED) is 0.385. The van der Waals surface area contributed by atoms with Gasteiger partial charge in [-0.25, -0.2) is 0 Å². The van der Waals surface area contributed by atoms with Gasteiger partial charge in [-0.1, -0.05) is 28.9 Å². The van der Waals surface area contributed by atoms with Crippen molar-refractivity contribution in [1.29, 1.82) is 0 Å². The van der Waals surface area contributed by atoms with Crippen LogP contribution in [0.2, 0.25) is 5.02 Å². The Morgan fingerprint density at radius 1 is 1.53 bits per heavy atom. The third kappa shape index (κ3) is 3.61. The van der Waals surface area contributed by atoms with Gasteiger partial charge in [0.1, 0.15) is 0 Å². The fourth-order valence-corrected chi connectivity index (χ4v) is 1.87. The van der Waals surface area contributed by atoms with Gasteiger partial charge in [-0.3, -0.25) is 4.79 Å². The van der Waals surface area contributed by atoms with E-state index in [1.807, 2.05) is 26.8 Å². The molecule has 0 fully saturated rings. The highest BCUT2D eigenvalue weighted by Gasteiger charge is 2.22. The second-order valence-corrected chi connectivity index (χ2v) is 4.93. The van der Waals surface area contributed by atoms with E-state index in [1.54, 1.807) is 12.1 Å². The molecule has 3 N–H and O–H groups in total. The van der Waals surface area contributed by atoms with Crippen LogP contribution >= 0.6 is 11.6 Å². The van der Waals surface area contributed by atoms with Gasteiger partial charge in [-0.05, 0) is 32.4 Å². The molecule has 1 amide bonds. The first kappa shape index (κ1) is 15.3. The van der Waals surface area contributed by atoms with Crippen molar-refractivity contribution in [3.8, 4) is 0 Å². The number of amidine groups is 1. The number of hydrogen-bond donors (Lipinski definition) is 2. The maximum Gasteiger partial charge on any atom is 0.256 e. The standard InChI is InChI=1S/C13H18ClN3O2/c1-8(2)17(7-11(15)16-19)13(18)10-6-4-5-9(3)12(10)14/h4-6,8,19H,7H2,1-3H3,(H2,15,16). The molecule has 0 radical (unpaired) electrons. The summed E-state index contributed by atoms with van der Waals surface area (Å²) in [5.74, 6) is -0.263. The lowest BCUT2D eigenvalue weighted by Gasteiger charge is -2.26. The summed E-state index contributed by atoms with van der Waals surface area (Å²) >= 11 is 6.15. The molecule has 0 atom stereocenters. The smallest absolute Gasteiger partial charge is 0.256 e. The second kappa shape index (κ2) is 6.43. The molecule has 0 aliphatic carbocycles. The molecule has 0 bridgehead atoms. The van der Waals surface area contributed by atoms with E-state index in [0.717, 1.165) is 5.56 Å². The van der Waals surface area contributed by atoms with Crippen LogP contribution in [0, 0.1) is 6.92 Å². The van der Waals surface area contributed by atoms with Crippen LogP contribution in [0.5, 0.6) is 0 Å². The summed E-state index contributed by atoms with van der Waals surface area (Å²) in [6, 6.07) is 5.18. The third-order valence-electron chi connectivity index (χ3n) is 2.77. The second-order valence-electron chi connectivity index (χ2n) is 4.55. The molecule has 0 unspecified atom stereocenters. The van der Waals surface area contributed by atoms with Gasteiger partial charge < -0.3 is 15.8 Å². The zero-order valence-corrected chi connectivity index (χ0v) is 12.0. The van der Waals surface area contributed by atoms with E-state index in [0.29, 0.717) is 10.6 Å². The van der Waals surface area contributed by atoms with E-state index < -0.39 is 0 Å². The van der Waals surface area contributed by atoms with Crippen LogP contribution in [-0.2, 0) is 0 Å². The topological polar surface area (TPSA) is 78.9 Å². The molecule has 1 rings (SSSR count). The Balaban J connectivity index is 3.10. The Bertz CT molecular complexity index is 501. The van der Waals surface area contributed by atoms with E-state index >= 15 is 0 Å². The Labute approximate surface area is 117 Å². The van der Waals surface area contributed by atoms with Gasteiger partial charge >= 0.3 is 0 Å².